The lowest BCUT2D eigenvalue weighted by atomic mass is 9.95. The Hall–Kier alpha value is -3.52. The van der Waals surface area contributed by atoms with E-state index in [-0.39, 0.29) is 10.6 Å². The van der Waals surface area contributed by atoms with Crippen LogP contribution in [0.15, 0.2) is 84.1 Å². The van der Waals surface area contributed by atoms with E-state index in [0.29, 0.717) is 31.9 Å². The van der Waals surface area contributed by atoms with E-state index in [9.17, 15) is 19.1 Å². The average molecular weight is 539 g/mol. The number of aryl methyl sites for hydroxylation is 1. The molecule has 0 spiro atoms. The monoisotopic (exact) mass is 538 g/mol. The van der Waals surface area contributed by atoms with Gasteiger partial charge in [0.25, 0.3) is 5.91 Å². The first-order valence-electron chi connectivity index (χ1n) is 10.8. The van der Waals surface area contributed by atoms with Crippen molar-refractivity contribution in [3.05, 3.63) is 116 Å². The summed E-state index contributed by atoms with van der Waals surface area (Å²) in [6, 6.07) is 18.3. The highest BCUT2D eigenvalue weighted by Crippen LogP contribution is 2.44. The molecule has 1 atom stereocenters. The Kier molecular flexibility index (Phi) is 6.38. The van der Waals surface area contributed by atoms with E-state index in [1.165, 1.54) is 40.5 Å². The Balaban J connectivity index is 1.65. The van der Waals surface area contributed by atoms with E-state index >= 15 is 0 Å². The molecule has 5 rings (SSSR count). The molecule has 1 amide bonds. The summed E-state index contributed by atoms with van der Waals surface area (Å²) in [5, 5.41) is 12.1. The van der Waals surface area contributed by atoms with Gasteiger partial charge in [-0.2, -0.15) is 0 Å². The third-order valence-electron chi connectivity index (χ3n) is 5.84. The van der Waals surface area contributed by atoms with Gasteiger partial charge in [0.15, 0.2) is 5.76 Å². The van der Waals surface area contributed by atoms with Gasteiger partial charge in [0, 0.05) is 11.3 Å². The number of anilines is 1. The number of nitrogens with zero attached hydrogens (tertiary/aromatic N) is 2. The normalized spacial score (nSPS) is 15.6. The Morgan fingerprint density at radius 3 is 2.39 bits per heavy atom. The van der Waals surface area contributed by atoms with E-state index < -0.39 is 29.3 Å². The number of Topliss-reactive ketones (excluding diaryl/α,β-unsaturated/α-hetero) is 1. The molecule has 180 valence electrons. The average Bonchev–Trinajstić information content (AvgIpc) is 3.39. The van der Waals surface area contributed by atoms with Crippen molar-refractivity contribution in [1.82, 2.24) is 4.98 Å². The molecule has 0 aliphatic carbocycles. The molecule has 0 saturated carbocycles. The zero-order chi connectivity index (χ0) is 25.6. The summed E-state index contributed by atoms with van der Waals surface area (Å²) in [7, 11) is 0. The molecule has 1 unspecified atom stereocenters. The fourth-order valence-corrected chi connectivity index (χ4v) is 5.47. The number of hydrogen-bond acceptors (Lipinski definition) is 5. The van der Waals surface area contributed by atoms with Crippen LogP contribution >= 0.6 is 34.5 Å². The molecule has 1 aromatic heterocycles. The highest BCUT2D eigenvalue weighted by molar-refractivity contribution is 7.17. The first-order valence-corrected chi connectivity index (χ1v) is 12.4. The van der Waals surface area contributed by atoms with Gasteiger partial charge >= 0.3 is 0 Å². The zero-order valence-electron chi connectivity index (χ0n) is 18.7. The molecule has 4 aromatic rings. The third-order valence-corrected chi connectivity index (χ3v) is 7.78. The summed E-state index contributed by atoms with van der Waals surface area (Å²) in [6.45, 7) is 1.70. The highest BCUT2D eigenvalue weighted by atomic mass is 35.5. The number of ketones is 1. The predicted octanol–water partition coefficient (Wildman–Crippen LogP) is 7.35. The Morgan fingerprint density at radius 1 is 1.03 bits per heavy atom. The standard InChI is InChI=1S/C27H17Cl2FN2O3S/c1-14-25(36-26(31-14)15-5-3-2-4-6-15)23(33)21-22(16-7-12-19(28)20(29)13-16)32(27(35)24(21)34)18-10-8-17(30)9-11-18/h2-13,22,34H,1H3. The van der Waals surface area contributed by atoms with Crippen LogP contribution in [0.1, 0.15) is 27.0 Å². The maximum atomic E-state index is 13.9. The smallest absolute Gasteiger partial charge is 0.294 e. The van der Waals surface area contributed by atoms with E-state index in [0.717, 1.165) is 5.56 Å². The van der Waals surface area contributed by atoms with Crippen LogP contribution in [0.25, 0.3) is 10.6 Å². The Labute approximate surface area is 220 Å². The number of amides is 1. The van der Waals surface area contributed by atoms with Crippen molar-refractivity contribution in [2.75, 3.05) is 4.90 Å². The summed E-state index contributed by atoms with van der Waals surface area (Å²) in [5.41, 5.74) is 1.97. The van der Waals surface area contributed by atoms with Crippen molar-refractivity contribution >= 4 is 51.9 Å². The van der Waals surface area contributed by atoms with Gasteiger partial charge < -0.3 is 5.11 Å². The number of aliphatic hydroxyl groups is 1. The molecular weight excluding hydrogens is 522 g/mol. The van der Waals surface area contributed by atoms with Crippen molar-refractivity contribution in [3.8, 4) is 10.6 Å². The van der Waals surface area contributed by atoms with Crippen LogP contribution in [0, 0.1) is 12.7 Å². The quantitative estimate of drug-likeness (QED) is 0.269. The Bertz CT molecular complexity index is 1530. The maximum absolute atomic E-state index is 13.9. The second-order valence-electron chi connectivity index (χ2n) is 8.12. The molecule has 2 heterocycles. The van der Waals surface area contributed by atoms with Crippen LogP contribution in [-0.4, -0.2) is 21.8 Å². The summed E-state index contributed by atoms with van der Waals surface area (Å²) >= 11 is 13.5. The van der Waals surface area contributed by atoms with Gasteiger partial charge in [-0.05, 0) is 48.9 Å². The number of thiazole rings is 1. The van der Waals surface area contributed by atoms with Crippen molar-refractivity contribution in [3.63, 3.8) is 0 Å². The zero-order valence-corrected chi connectivity index (χ0v) is 21.0. The van der Waals surface area contributed by atoms with Crippen LogP contribution in [0.2, 0.25) is 10.0 Å². The largest absolute Gasteiger partial charge is 0.503 e. The number of aliphatic hydroxyl groups excluding tert-OH is 1. The summed E-state index contributed by atoms with van der Waals surface area (Å²) < 4.78 is 13.6. The fourth-order valence-electron chi connectivity index (χ4n) is 4.14. The molecule has 0 radical (unpaired) electrons. The van der Waals surface area contributed by atoms with Gasteiger partial charge in [0.2, 0.25) is 5.78 Å². The van der Waals surface area contributed by atoms with Crippen molar-refractivity contribution in [2.24, 2.45) is 0 Å². The number of carbonyl (C=O) groups excluding carboxylic acids is 2. The number of carbonyl (C=O) groups is 2. The minimum atomic E-state index is -1.02. The lowest BCUT2D eigenvalue weighted by Crippen LogP contribution is -2.31. The van der Waals surface area contributed by atoms with Crippen LogP contribution in [-0.2, 0) is 4.79 Å². The van der Waals surface area contributed by atoms with E-state index in [2.05, 4.69) is 4.98 Å². The molecule has 5 nitrogen and oxygen atoms in total. The van der Waals surface area contributed by atoms with Gasteiger partial charge in [-0.25, -0.2) is 9.37 Å². The molecule has 0 fully saturated rings. The summed E-state index contributed by atoms with van der Waals surface area (Å²) in [4.78, 5) is 33.3. The van der Waals surface area contributed by atoms with Crippen molar-refractivity contribution in [1.29, 1.82) is 0 Å². The van der Waals surface area contributed by atoms with Crippen molar-refractivity contribution in [2.45, 2.75) is 13.0 Å². The van der Waals surface area contributed by atoms with E-state index in [1.54, 1.807) is 25.1 Å². The van der Waals surface area contributed by atoms with E-state index in [4.69, 9.17) is 23.2 Å². The number of hydrogen-bond donors (Lipinski definition) is 1. The highest BCUT2D eigenvalue weighted by Gasteiger charge is 2.45. The summed E-state index contributed by atoms with van der Waals surface area (Å²) in [5.74, 6) is -2.49. The number of rotatable bonds is 5. The van der Waals surface area contributed by atoms with Gasteiger partial charge in [-0.15, -0.1) is 11.3 Å². The minimum Gasteiger partial charge on any atom is -0.503 e. The molecule has 0 bridgehead atoms. The molecule has 3 aromatic carbocycles. The molecule has 1 aliphatic rings. The topological polar surface area (TPSA) is 70.5 Å². The first kappa shape index (κ1) is 24.2. The predicted molar refractivity (Wildman–Crippen MR) is 139 cm³/mol. The van der Waals surface area contributed by atoms with E-state index in [1.807, 2.05) is 30.3 Å². The second kappa shape index (κ2) is 9.50. The van der Waals surface area contributed by atoms with Gasteiger partial charge in [0.05, 0.1) is 32.2 Å². The lowest BCUT2D eigenvalue weighted by molar-refractivity contribution is -0.117. The van der Waals surface area contributed by atoms with Crippen molar-refractivity contribution < 1.29 is 19.1 Å². The summed E-state index contributed by atoms with van der Waals surface area (Å²) in [6.07, 6.45) is 0. The molecule has 36 heavy (non-hydrogen) atoms. The lowest BCUT2D eigenvalue weighted by Gasteiger charge is -2.27. The number of aromatic nitrogens is 1. The molecule has 0 saturated heterocycles. The van der Waals surface area contributed by atoms with Gasteiger partial charge in [-0.3, -0.25) is 14.5 Å². The Morgan fingerprint density at radius 2 is 1.72 bits per heavy atom. The maximum Gasteiger partial charge on any atom is 0.294 e. The van der Waals surface area contributed by atoms with Gasteiger partial charge in [0.1, 0.15) is 10.8 Å². The van der Waals surface area contributed by atoms with Crippen LogP contribution in [0.5, 0.6) is 0 Å². The molecule has 1 aliphatic heterocycles. The van der Waals surface area contributed by atoms with Crippen LogP contribution < -0.4 is 4.90 Å². The first-order chi connectivity index (χ1) is 17.3. The molecular formula is C27H17Cl2FN2O3S. The third kappa shape index (κ3) is 4.19. The number of benzene rings is 3. The SMILES string of the molecule is Cc1nc(-c2ccccc2)sc1C(=O)C1=C(O)C(=O)N(c2ccc(F)cc2)C1c1ccc(Cl)c(Cl)c1. The fraction of sp³-hybridized carbons (Fsp3) is 0.0741. The van der Waals surface area contributed by atoms with Crippen LogP contribution in [0.3, 0.4) is 0 Å². The second-order valence-corrected chi connectivity index (χ2v) is 9.93. The molecule has 1 N–H and O–H groups in total. The molecule has 9 heteroatoms. The minimum absolute atomic E-state index is 0.117. The number of halogens is 3. The van der Waals surface area contributed by atoms with Gasteiger partial charge in [-0.1, -0.05) is 59.6 Å². The van der Waals surface area contributed by atoms with Crippen LogP contribution in [0.4, 0.5) is 10.1 Å².